The number of rotatable bonds is 6. The number of carbonyl (C=O) groups excluding carboxylic acids is 2. The third kappa shape index (κ3) is 3.86. The Morgan fingerprint density at radius 2 is 1.95 bits per heavy atom. The second-order valence-corrected chi connectivity index (χ2v) is 6.41. The summed E-state index contributed by atoms with van der Waals surface area (Å²) in [7, 11) is 0. The number of nitrogens with two attached hydrogens (primary N) is 1. The van der Waals surface area contributed by atoms with Crippen molar-refractivity contribution in [3.05, 3.63) is 0 Å². The van der Waals surface area contributed by atoms with E-state index in [0.717, 1.165) is 0 Å². The number of amides is 2. The monoisotopic (exact) mass is 298 g/mol. The smallest absolute Gasteiger partial charge is 0.242 e. The van der Waals surface area contributed by atoms with E-state index in [2.05, 4.69) is 15.8 Å². The first-order valence-corrected chi connectivity index (χ1v) is 7.29. The van der Waals surface area contributed by atoms with Gasteiger partial charge in [0.05, 0.1) is 0 Å². The van der Waals surface area contributed by atoms with Crippen LogP contribution in [0.5, 0.6) is 0 Å². The van der Waals surface area contributed by atoms with Crippen LogP contribution in [0.25, 0.3) is 0 Å². The number of hydrogen-bond acceptors (Lipinski definition) is 4. The Hall–Kier alpha value is -1.79. The molecule has 0 spiro atoms. The summed E-state index contributed by atoms with van der Waals surface area (Å²) < 4.78 is 0. The molecule has 0 radical (unpaired) electrons. The minimum Gasteiger partial charge on any atom is -0.409 e. The zero-order valence-electron chi connectivity index (χ0n) is 13.1. The van der Waals surface area contributed by atoms with E-state index in [4.69, 9.17) is 10.9 Å². The van der Waals surface area contributed by atoms with Gasteiger partial charge in [0.25, 0.3) is 0 Å². The van der Waals surface area contributed by atoms with Crippen LogP contribution in [-0.4, -0.2) is 35.4 Å². The molecule has 0 aromatic carbocycles. The number of carbonyl (C=O) groups is 2. The summed E-state index contributed by atoms with van der Waals surface area (Å²) in [5.74, 6) is -0.0102. The van der Waals surface area contributed by atoms with E-state index < -0.39 is 11.5 Å². The quantitative estimate of drug-likeness (QED) is 0.246. The molecule has 120 valence electrons. The summed E-state index contributed by atoms with van der Waals surface area (Å²) in [6, 6.07) is -0.657. The molecule has 1 saturated carbocycles. The summed E-state index contributed by atoms with van der Waals surface area (Å²) in [5, 5.41) is 17.3. The number of hydrogen-bond donors (Lipinski definition) is 4. The third-order valence-electron chi connectivity index (χ3n) is 3.85. The summed E-state index contributed by atoms with van der Waals surface area (Å²) in [6.07, 6.45) is 1.05. The predicted molar refractivity (Wildman–Crippen MR) is 79.7 cm³/mol. The Morgan fingerprint density at radius 1 is 1.38 bits per heavy atom. The van der Waals surface area contributed by atoms with E-state index in [1.54, 1.807) is 6.92 Å². The highest BCUT2D eigenvalue weighted by atomic mass is 16.4. The van der Waals surface area contributed by atoms with Crippen molar-refractivity contribution in [2.75, 3.05) is 6.54 Å². The number of oxime groups is 1. The molecule has 5 N–H and O–H groups in total. The molecule has 1 rings (SSSR count). The molecule has 0 aromatic heterocycles. The van der Waals surface area contributed by atoms with Gasteiger partial charge in [-0.1, -0.05) is 25.9 Å². The van der Waals surface area contributed by atoms with Crippen LogP contribution in [0.3, 0.4) is 0 Å². The summed E-state index contributed by atoms with van der Waals surface area (Å²) in [4.78, 5) is 24.3. The Kier molecular flexibility index (Phi) is 5.57. The van der Waals surface area contributed by atoms with Gasteiger partial charge in [0.1, 0.15) is 11.5 Å². The van der Waals surface area contributed by atoms with E-state index in [-0.39, 0.29) is 17.6 Å². The summed E-state index contributed by atoms with van der Waals surface area (Å²) in [6.45, 7) is 8.16. The Labute approximate surface area is 125 Å². The van der Waals surface area contributed by atoms with E-state index in [1.807, 2.05) is 20.8 Å². The molecule has 1 aliphatic carbocycles. The van der Waals surface area contributed by atoms with Gasteiger partial charge >= 0.3 is 0 Å². The van der Waals surface area contributed by atoms with Crippen molar-refractivity contribution in [3.8, 4) is 0 Å². The van der Waals surface area contributed by atoms with Crippen molar-refractivity contribution in [2.45, 2.75) is 46.6 Å². The molecule has 0 aliphatic heterocycles. The van der Waals surface area contributed by atoms with Crippen LogP contribution < -0.4 is 16.4 Å². The van der Waals surface area contributed by atoms with Crippen LogP contribution in [0.15, 0.2) is 5.16 Å². The first kappa shape index (κ1) is 17.3. The van der Waals surface area contributed by atoms with Crippen molar-refractivity contribution in [1.82, 2.24) is 10.6 Å². The number of amidine groups is 1. The third-order valence-corrected chi connectivity index (χ3v) is 3.85. The second-order valence-electron chi connectivity index (χ2n) is 6.41. The minimum absolute atomic E-state index is 0.0899. The fourth-order valence-corrected chi connectivity index (χ4v) is 2.59. The van der Waals surface area contributed by atoms with Crippen LogP contribution in [0.2, 0.25) is 0 Å². The van der Waals surface area contributed by atoms with Gasteiger partial charge in [0.15, 0.2) is 5.84 Å². The van der Waals surface area contributed by atoms with Gasteiger partial charge < -0.3 is 21.6 Å². The molecule has 21 heavy (non-hydrogen) atoms. The zero-order chi connectivity index (χ0) is 16.2. The molecule has 7 heteroatoms. The molecule has 0 heterocycles. The lowest BCUT2D eigenvalue weighted by Crippen LogP contribution is -2.59. The van der Waals surface area contributed by atoms with E-state index in [9.17, 15) is 9.59 Å². The zero-order valence-corrected chi connectivity index (χ0v) is 13.1. The SMILES string of the molecule is CC(C)CNC(=O)C(C)NC(=O)C1(C(N)=NO)CC(C)C1. The van der Waals surface area contributed by atoms with E-state index in [1.165, 1.54) is 0 Å². The maximum atomic E-state index is 12.4. The normalized spacial score (nSPS) is 26.9. The summed E-state index contributed by atoms with van der Waals surface area (Å²) in [5.41, 5.74) is 4.68. The highest BCUT2D eigenvalue weighted by Crippen LogP contribution is 2.45. The first-order chi connectivity index (χ1) is 9.72. The van der Waals surface area contributed by atoms with Crippen molar-refractivity contribution >= 4 is 17.6 Å². The molecule has 0 saturated heterocycles. The van der Waals surface area contributed by atoms with Gasteiger partial charge in [-0.15, -0.1) is 0 Å². The standard InChI is InChI=1S/C14H26N4O3/c1-8(2)7-16-11(19)10(4)17-13(20)14(12(15)18-21)5-9(3)6-14/h8-10,21H,5-7H2,1-4H3,(H2,15,18)(H,16,19)(H,17,20). The molecular formula is C14H26N4O3. The maximum absolute atomic E-state index is 12.4. The van der Waals surface area contributed by atoms with Gasteiger partial charge in [0.2, 0.25) is 11.8 Å². The average molecular weight is 298 g/mol. The largest absolute Gasteiger partial charge is 0.409 e. The molecule has 7 nitrogen and oxygen atoms in total. The van der Waals surface area contributed by atoms with Gasteiger partial charge in [-0.3, -0.25) is 9.59 Å². The average Bonchev–Trinajstić information content (AvgIpc) is 2.39. The summed E-state index contributed by atoms with van der Waals surface area (Å²) >= 11 is 0. The van der Waals surface area contributed by atoms with Crippen LogP contribution in [0, 0.1) is 17.3 Å². The molecule has 2 amide bonds. The molecule has 1 unspecified atom stereocenters. The van der Waals surface area contributed by atoms with Crippen molar-refractivity contribution in [2.24, 2.45) is 28.1 Å². The predicted octanol–water partition coefficient (Wildman–Crippen LogP) is 0.426. The molecule has 0 aromatic rings. The number of nitrogens with one attached hydrogen (secondary N) is 2. The Morgan fingerprint density at radius 3 is 2.38 bits per heavy atom. The lowest BCUT2D eigenvalue weighted by molar-refractivity contribution is -0.136. The van der Waals surface area contributed by atoms with Crippen molar-refractivity contribution in [3.63, 3.8) is 0 Å². The van der Waals surface area contributed by atoms with Gasteiger partial charge in [0, 0.05) is 6.54 Å². The Balaban J connectivity index is 2.64. The highest BCUT2D eigenvalue weighted by molar-refractivity contribution is 6.08. The van der Waals surface area contributed by atoms with Crippen LogP contribution in [0.1, 0.15) is 40.5 Å². The van der Waals surface area contributed by atoms with Gasteiger partial charge in [-0.05, 0) is 31.6 Å². The van der Waals surface area contributed by atoms with Crippen LogP contribution >= 0.6 is 0 Å². The molecule has 1 fully saturated rings. The van der Waals surface area contributed by atoms with E-state index in [0.29, 0.717) is 31.2 Å². The lowest BCUT2D eigenvalue weighted by atomic mass is 9.61. The number of nitrogens with zero attached hydrogens (tertiary/aromatic N) is 1. The Bertz CT molecular complexity index is 428. The molecular weight excluding hydrogens is 272 g/mol. The second kappa shape index (κ2) is 6.78. The molecule has 0 bridgehead atoms. The van der Waals surface area contributed by atoms with Crippen LogP contribution in [-0.2, 0) is 9.59 Å². The first-order valence-electron chi connectivity index (χ1n) is 7.29. The fourth-order valence-electron chi connectivity index (χ4n) is 2.59. The highest BCUT2D eigenvalue weighted by Gasteiger charge is 2.52. The molecule has 1 atom stereocenters. The van der Waals surface area contributed by atoms with Crippen molar-refractivity contribution in [1.29, 1.82) is 0 Å². The van der Waals surface area contributed by atoms with Gasteiger partial charge in [-0.2, -0.15) is 0 Å². The van der Waals surface area contributed by atoms with Gasteiger partial charge in [-0.25, -0.2) is 0 Å². The topological polar surface area (TPSA) is 117 Å². The van der Waals surface area contributed by atoms with Crippen LogP contribution in [0.4, 0.5) is 0 Å². The minimum atomic E-state index is -0.985. The molecule has 1 aliphatic rings. The maximum Gasteiger partial charge on any atom is 0.242 e. The fraction of sp³-hybridized carbons (Fsp3) is 0.786. The van der Waals surface area contributed by atoms with Crippen molar-refractivity contribution < 1.29 is 14.8 Å². The van der Waals surface area contributed by atoms with E-state index >= 15 is 0 Å². The lowest BCUT2D eigenvalue weighted by Gasteiger charge is -2.44.